The first kappa shape index (κ1) is 13.6. The molecule has 2 N–H and O–H groups in total. The van der Waals surface area contributed by atoms with Crippen LogP contribution in [0.25, 0.3) is 0 Å². The molecule has 100 valence electrons. The van der Waals surface area contributed by atoms with E-state index >= 15 is 0 Å². The van der Waals surface area contributed by atoms with Gasteiger partial charge in [-0.2, -0.15) is 0 Å². The van der Waals surface area contributed by atoms with E-state index in [0.717, 1.165) is 18.5 Å². The highest BCUT2D eigenvalue weighted by atomic mass is 16.3. The molecule has 0 radical (unpaired) electrons. The molecule has 2 nitrogen and oxygen atoms in total. The van der Waals surface area contributed by atoms with Crippen molar-refractivity contribution in [1.82, 2.24) is 5.32 Å². The second-order valence-electron chi connectivity index (χ2n) is 4.87. The van der Waals surface area contributed by atoms with Crippen LogP contribution in [0.1, 0.15) is 36.6 Å². The Bertz CT molecular complexity index is 519. The molecule has 0 fully saturated rings. The van der Waals surface area contributed by atoms with Crippen LogP contribution in [0.2, 0.25) is 0 Å². The standard InChI is InChI=1S/C17H21NO/c1-3-14-7-9-16(10-8-14)13(2)18-12-15-5-4-6-17(19)11-15/h4-11,13,18-19H,3,12H2,1-2H3/t13-/m0/s1. The number of aromatic hydroxyl groups is 1. The molecule has 0 spiro atoms. The van der Waals surface area contributed by atoms with Gasteiger partial charge < -0.3 is 10.4 Å². The van der Waals surface area contributed by atoms with Crippen LogP contribution in [0.4, 0.5) is 0 Å². The van der Waals surface area contributed by atoms with E-state index in [4.69, 9.17) is 0 Å². The van der Waals surface area contributed by atoms with Crippen LogP contribution in [0.5, 0.6) is 5.75 Å². The molecule has 0 aliphatic carbocycles. The minimum absolute atomic E-state index is 0.299. The van der Waals surface area contributed by atoms with Gasteiger partial charge in [-0.3, -0.25) is 0 Å². The van der Waals surface area contributed by atoms with Gasteiger partial charge in [-0.05, 0) is 42.2 Å². The normalized spacial score (nSPS) is 12.3. The van der Waals surface area contributed by atoms with E-state index in [1.165, 1.54) is 11.1 Å². The molecule has 2 rings (SSSR count). The lowest BCUT2D eigenvalue weighted by Crippen LogP contribution is -2.17. The van der Waals surface area contributed by atoms with Crippen molar-refractivity contribution in [3.8, 4) is 5.75 Å². The lowest BCUT2D eigenvalue weighted by atomic mass is 10.0. The van der Waals surface area contributed by atoms with E-state index in [1.54, 1.807) is 12.1 Å². The summed E-state index contributed by atoms with van der Waals surface area (Å²) in [5, 5.41) is 12.9. The van der Waals surface area contributed by atoms with Crippen LogP contribution in [0.15, 0.2) is 48.5 Å². The van der Waals surface area contributed by atoms with Gasteiger partial charge in [0.15, 0.2) is 0 Å². The molecule has 2 heteroatoms. The Labute approximate surface area is 115 Å². The summed E-state index contributed by atoms with van der Waals surface area (Å²) in [5.41, 5.74) is 3.75. The van der Waals surface area contributed by atoms with E-state index < -0.39 is 0 Å². The van der Waals surface area contributed by atoms with Gasteiger partial charge in [0.1, 0.15) is 5.75 Å². The molecule has 1 atom stereocenters. The molecule has 0 aliphatic heterocycles. The predicted octanol–water partition coefficient (Wildman–Crippen LogP) is 3.81. The van der Waals surface area contributed by atoms with E-state index in [0.29, 0.717) is 11.8 Å². The number of benzene rings is 2. The van der Waals surface area contributed by atoms with Crippen molar-refractivity contribution >= 4 is 0 Å². The molecule has 0 saturated carbocycles. The van der Waals surface area contributed by atoms with Gasteiger partial charge >= 0.3 is 0 Å². The lowest BCUT2D eigenvalue weighted by molar-refractivity contribution is 0.473. The third kappa shape index (κ3) is 3.83. The average molecular weight is 255 g/mol. The molecule has 0 saturated heterocycles. The highest BCUT2D eigenvalue weighted by Crippen LogP contribution is 2.16. The van der Waals surface area contributed by atoms with Crippen molar-refractivity contribution in [3.63, 3.8) is 0 Å². The van der Waals surface area contributed by atoms with Gasteiger partial charge in [0.25, 0.3) is 0 Å². The molecular formula is C17H21NO. The number of nitrogens with one attached hydrogen (secondary N) is 1. The molecule has 0 unspecified atom stereocenters. The third-order valence-electron chi connectivity index (χ3n) is 3.41. The van der Waals surface area contributed by atoms with Crippen molar-refractivity contribution in [1.29, 1.82) is 0 Å². The second kappa shape index (κ2) is 6.39. The summed E-state index contributed by atoms with van der Waals surface area (Å²) in [6.45, 7) is 5.08. The Hall–Kier alpha value is -1.80. The number of hydrogen-bond donors (Lipinski definition) is 2. The first-order valence-corrected chi connectivity index (χ1v) is 6.79. The maximum atomic E-state index is 9.43. The van der Waals surface area contributed by atoms with Crippen LogP contribution in [-0.2, 0) is 13.0 Å². The van der Waals surface area contributed by atoms with Crippen LogP contribution in [0, 0.1) is 0 Å². The SMILES string of the molecule is CCc1ccc([C@H](C)NCc2cccc(O)c2)cc1. The molecule has 0 heterocycles. The first-order chi connectivity index (χ1) is 9.19. The van der Waals surface area contributed by atoms with E-state index in [2.05, 4.69) is 43.4 Å². The Kier molecular flexibility index (Phi) is 4.58. The van der Waals surface area contributed by atoms with Crippen molar-refractivity contribution in [2.24, 2.45) is 0 Å². The molecule has 0 aliphatic rings. The Balaban J connectivity index is 1.95. The summed E-state index contributed by atoms with van der Waals surface area (Å²) in [5.74, 6) is 0.319. The second-order valence-corrected chi connectivity index (χ2v) is 4.87. The summed E-state index contributed by atoms with van der Waals surface area (Å²) in [6, 6.07) is 16.4. The van der Waals surface area contributed by atoms with Crippen LogP contribution < -0.4 is 5.32 Å². The molecular weight excluding hydrogens is 234 g/mol. The van der Waals surface area contributed by atoms with Crippen LogP contribution >= 0.6 is 0 Å². The third-order valence-corrected chi connectivity index (χ3v) is 3.41. The summed E-state index contributed by atoms with van der Waals surface area (Å²) in [4.78, 5) is 0. The number of phenols is 1. The Morgan fingerprint density at radius 2 is 1.79 bits per heavy atom. The average Bonchev–Trinajstić information content (AvgIpc) is 2.45. The number of hydrogen-bond acceptors (Lipinski definition) is 2. The van der Waals surface area contributed by atoms with Crippen LogP contribution in [0.3, 0.4) is 0 Å². The smallest absolute Gasteiger partial charge is 0.115 e. The molecule has 0 amide bonds. The van der Waals surface area contributed by atoms with Gasteiger partial charge in [-0.15, -0.1) is 0 Å². The van der Waals surface area contributed by atoms with E-state index in [1.807, 2.05) is 12.1 Å². The lowest BCUT2D eigenvalue weighted by Gasteiger charge is -2.15. The predicted molar refractivity (Wildman–Crippen MR) is 79.2 cm³/mol. The Morgan fingerprint density at radius 1 is 1.05 bits per heavy atom. The molecule has 0 bridgehead atoms. The fourth-order valence-corrected chi connectivity index (χ4v) is 2.10. The zero-order valence-corrected chi connectivity index (χ0v) is 11.6. The van der Waals surface area contributed by atoms with Crippen molar-refractivity contribution in [3.05, 3.63) is 65.2 Å². The summed E-state index contributed by atoms with van der Waals surface area (Å²) in [6.07, 6.45) is 1.07. The van der Waals surface area contributed by atoms with Gasteiger partial charge in [0.05, 0.1) is 0 Å². The molecule has 2 aromatic rings. The zero-order valence-electron chi connectivity index (χ0n) is 11.6. The summed E-state index contributed by atoms with van der Waals surface area (Å²) < 4.78 is 0. The van der Waals surface area contributed by atoms with E-state index in [-0.39, 0.29) is 0 Å². The van der Waals surface area contributed by atoms with Crippen LogP contribution in [-0.4, -0.2) is 5.11 Å². The number of phenolic OH excluding ortho intramolecular Hbond substituents is 1. The molecule has 2 aromatic carbocycles. The quantitative estimate of drug-likeness (QED) is 0.851. The van der Waals surface area contributed by atoms with E-state index in [9.17, 15) is 5.11 Å². The minimum Gasteiger partial charge on any atom is -0.508 e. The zero-order chi connectivity index (χ0) is 13.7. The van der Waals surface area contributed by atoms with Gasteiger partial charge in [-0.25, -0.2) is 0 Å². The highest BCUT2D eigenvalue weighted by molar-refractivity contribution is 5.28. The Morgan fingerprint density at radius 3 is 2.42 bits per heavy atom. The topological polar surface area (TPSA) is 32.3 Å². The first-order valence-electron chi connectivity index (χ1n) is 6.79. The summed E-state index contributed by atoms with van der Waals surface area (Å²) in [7, 11) is 0. The number of aryl methyl sites for hydroxylation is 1. The minimum atomic E-state index is 0.299. The van der Waals surface area contributed by atoms with Gasteiger partial charge in [-0.1, -0.05) is 43.3 Å². The van der Waals surface area contributed by atoms with Gasteiger partial charge in [0.2, 0.25) is 0 Å². The summed E-state index contributed by atoms with van der Waals surface area (Å²) >= 11 is 0. The highest BCUT2D eigenvalue weighted by Gasteiger charge is 2.04. The molecule has 0 aromatic heterocycles. The number of rotatable bonds is 5. The fraction of sp³-hybridized carbons (Fsp3) is 0.294. The van der Waals surface area contributed by atoms with Crippen molar-refractivity contribution in [2.75, 3.05) is 0 Å². The fourth-order valence-electron chi connectivity index (χ4n) is 2.10. The van der Waals surface area contributed by atoms with Crippen molar-refractivity contribution in [2.45, 2.75) is 32.9 Å². The molecule has 19 heavy (non-hydrogen) atoms. The largest absolute Gasteiger partial charge is 0.508 e. The van der Waals surface area contributed by atoms with Crippen molar-refractivity contribution < 1.29 is 5.11 Å². The van der Waals surface area contributed by atoms with Gasteiger partial charge in [0, 0.05) is 12.6 Å². The maximum absolute atomic E-state index is 9.43. The maximum Gasteiger partial charge on any atom is 0.115 e. The monoisotopic (exact) mass is 255 g/mol.